The summed E-state index contributed by atoms with van der Waals surface area (Å²) in [6, 6.07) is 0. The van der Waals surface area contributed by atoms with E-state index in [-0.39, 0.29) is 11.1 Å². The number of likely N-dealkylation sites (tertiary alicyclic amines) is 1. The molecule has 2 rings (SSSR count). The molecule has 0 amide bonds. The van der Waals surface area contributed by atoms with Gasteiger partial charge in [0.25, 0.3) is 0 Å². The third-order valence-electron chi connectivity index (χ3n) is 5.91. The van der Waals surface area contributed by atoms with Crippen molar-refractivity contribution in [2.24, 2.45) is 5.41 Å². The molecule has 0 saturated carbocycles. The Morgan fingerprint density at radius 1 is 0.793 bits per heavy atom. The van der Waals surface area contributed by atoms with Crippen LogP contribution in [0.1, 0.15) is 48.5 Å². The van der Waals surface area contributed by atoms with E-state index in [9.17, 15) is 0 Å². The lowest BCUT2D eigenvalue weighted by molar-refractivity contribution is -0.0211. The molecule has 29 heavy (non-hydrogen) atoms. The van der Waals surface area contributed by atoms with Crippen LogP contribution in [0, 0.1) is 5.41 Å². The molecular formula is C23H48N4O2. The first-order chi connectivity index (χ1) is 13.5. The second kappa shape index (κ2) is 10.9. The fourth-order valence-electron chi connectivity index (χ4n) is 4.16. The number of piperazine rings is 1. The van der Waals surface area contributed by atoms with Crippen LogP contribution in [0.5, 0.6) is 0 Å². The molecule has 0 aliphatic carbocycles. The van der Waals surface area contributed by atoms with Gasteiger partial charge in [0.2, 0.25) is 0 Å². The van der Waals surface area contributed by atoms with E-state index in [1.165, 1.54) is 19.6 Å². The van der Waals surface area contributed by atoms with Crippen LogP contribution in [-0.4, -0.2) is 111 Å². The van der Waals surface area contributed by atoms with Gasteiger partial charge in [0.15, 0.2) is 0 Å². The summed E-state index contributed by atoms with van der Waals surface area (Å²) in [6.07, 6.45) is 0. The predicted molar refractivity (Wildman–Crippen MR) is 122 cm³/mol. The van der Waals surface area contributed by atoms with Crippen LogP contribution in [0.2, 0.25) is 0 Å². The monoisotopic (exact) mass is 412 g/mol. The first kappa shape index (κ1) is 25.0. The Labute approximate surface area is 180 Å². The van der Waals surface area contributed by atoms with Crippen LogP contribution < -0.4 is 5.32 Å². The van der Waals surface area contributed by atoms with Gasteiger partial charge in [0, 0.05) is 70.0 Å². The van der Waals surface area contributed by atoms with Crippen molar-refractivity contribution in [2.75, 3.05) is 85.3 Å². The Bertz CT molecular complexity index is 458. The van der Waals surface area contributed by atoms with Gasteiger partial charge in [0.1, 0.15) is 0 Å². The number of rotatable bonds is 11. The molecule has 0 aromatic heterocycles. The Morgan fingerprint density at radius 2 is 1.34 bits per heavy atom. The fraction of sp³-hybridized carbons (Fsp3) is 1.00. The van der Waals surface area contributed by atoms with E-state index in [2.05, 4.69) is 68.5 Å². The molecule has 2 saturated heterocycles. The highest BCUT2D eigenvalue weighted by Gasteiger charge is 2.42. The van der Waals surface area contributed by atoms with Gasteiger partial charge in [-0.3, -0.25) is 9.80 Å². The van der Waals surface area contributed by atoms with Crippen molar-refractivity contribution in [1.82, 2.24) is 20.0 Å². The maximum Gasteiger partial charge on any atom is 0.0701 e. The van der Waals surface area contributed by atoms with Crippen LogP contribution >= 0.6 is 0 Å². The summed E-state index contributed by atoms with van der Waals surface area (Å²) in [5.41, 5.74) is 0.905. The molecule has 6 nitrogen and oxygen atoms in total. The highest BCUT2D eigenvalue weighted by Crippen LogP contribution is 2.28. The summed E-state index contributed by atoms with van der Waals surface area (Å²) in [7, 11) is 0. The molecule has 2 fully saturated rings. The maximum atomic E-state index is 5.77. The third-order valence-corrected chi connectivity index (χ3v) is 5.91. The molecule has 0 spiro atoms. The van der Waals surface area contributed by atoms with Crippen LogP contribution in [-0.2, 0) is 9.47 Å². The van der Waals surface area contributed by atoms with Crippen LogP contribution in [0.15, 0.2) is 0 Å². The largest absolute Gasteiger partial charge is 0.378 e. The van der Waals surface area contributed by atoms with Crippen molar-refractivity contribution in [1.29, 1.82) is 0 Å². The average Bonchev–Trinajstić information content (AvgIpc) is 2.57. The molecule has 0 aromatic rings. The molecule has 2 aliphatic rings. The Hall–Kier alpha value is -0.240. The first-order valence-electron chi connectivity index (χ1n) is 11.6. The number of hydrogen-bond donors (Lipinski definition) is 1. The molecule has 0 unspecified atom stereocenters. The topological polar surface area (TPSA) is 40.2 Å². The maximum absolute atomic E-state index is 5.77. The van der Waals surface area contributed by atoms with Crippen molar-refractivity contribution in [2.45, 2.75) is 59.5 Å². The van der Waals surface area contributed by atoms with Gasteiger partial charge in [0.05, 0.1) is 26.4 Å². The van der Waals surface area contributed by atoms with Crippen molar-refractivity contribution in [3.8, 4) is 0 Å². The summed E-state index contributed by atoms with van der Waals surface area (Å²) < 4.78 is 11.5. The lowest BCUT2D eigenvalue weighted by atomic mass is 9.87. The summed E-state index contributed by atoms with van der Waals surface area (Å²) in [6.45, 7) is 29.1. The lowest BCUT2D eigenvalue weighted by Crippen LogP contribution is -2.71. The van der Waals surface area contributed by atoms with Crippen LogP contribution in [0.3, 0.4) is 0 Å². The normalized spacial score (nSPS) is 22.0. The molecule has 1 N–H and O–H groups in total. The number of ether oxygens (including phenoxy) is 2. The molecule has 2 heterocycles. The quantitative estimate of drug-likeness (QED) is 0.525. The van der Waals surface area contributed by atoms with Crippen molar-refractivity contribution in [3.63, 3.8) is 0 Å². The number of hydrogen-bond acceptors (Lipinski definition) is 6. The van der Waals surface area contributed by atoms with Crippen LogP contribution in [0.4, 0.5) is 0 Å². The van der Waals surface area contributed by atoms with Gasteiger partial charge in [-0.25, -0.2) is 0 Å². The van der Waals surface area contributed by atoms with Gasteiger partial charge in [-0.1, -0.05) is 20.8 Å². The van der Waals surface area contributed by atoms with Crippen LogP contribution in [0.25, 0.3) is 0 Å². The SMILES string of the molecule is CC(C)(C)CN1CCN(CCOCCOCCNC2(C)CN(C(C)(C)C)C2)CC1. The van der Waals surface area contributed by atoms with Crippen molar-refractivity contribution < 1.29 is 9.47 Å². The zero-order valence-electron chi connectivity index (χ0n) is 20.4. The summed E-state index contributed by atoms with van der Waals surface area (Å²) in [5.74, 6) is 0. The minimum Gasteiger partial charge on any atom is -0.378 e. The molecule has 172 valence electrons. The van der Waals surface area contributed by atoms with Crippen molar-refractivity contribution >= 4 is 0 Å². The summed E-state index contributed by atoms with van der Waals surface area (Å²) in [5, 5.41) is 3.64. The average molecular weight is 413 g/mol. The molecule has 0 radical (unpaired) electrons. The zero-order valence-corrected chi connectivity index (χ0v) is 20.4. The van der Waals surface area contributed by atoms with Gasteiger partial charge in [-0.05, 0) is 33.1 Å². The Morgan fingerprint density at radius 3 is 1.90 bits per heavy atom. The Balaban J connectivity index is 1.38. The third kappa shape index (κ3) is 9.62. The van der Waals surface area contributed by atoms with E-state index in [1.807, 2.05) is 0 Å². The molecule has 0 atom stereocenters. The molecule has 0 bridgehead atoms. The zero-order chi connectivity index (χ0) is 21.5. The second-order valence-corrected chi connectivity index (χ2v) is 11.4. The predicted octanol–water partition coefficient (Wildman–Crippen LogP) is 2.15. The highest BCUT2D eigenvalue weighted by atomic mass is 16.5. The standard InChI is InChI=1S/C23H48N4O2/c1-21(2,3)18-26-11-9-25(10-12-26)13-15-29-17-16-28-14-8-24-23(7)19-27(20-23)22(4,5)6/h24H,8-20H2,1-7H3. The minimum absolute atomic E-state index is 0.240. The Kier molecular flexibility index (Phi) is 9.38. The van der Waals surface area contributed by atoms with E-state index in [1.54, 1.807) is 0 Å². The number of nitrogens with zero attached hydrogens (tertiary/aromatic N) is 3. The van der Waals surface area contributed by atoms with Gasteiger partial charge in [-0.15, -0.1) is 0 Å². The lowest BCUT2D eigenvalue weighted by Gasteiger charge is -2.54. The smallest absolute Gasteiger partial charge is 0.0701 e. The van der Waals surface area contributed by atoms with E-state index in [0.717, 1.165) is 52.5 Å². The van der Waals surface area contributed by atoms with E-state index in [0.29, 0.717) is 18.6 Å². The van der Waals surface area contributed by atoms with E-state index >= 15 is 0 Å². The van der Waals surface area contributed by atoms with Gasteiger partial charge >= 0.3 is 0 Å². The summed E-state index contributed by atoms with van der Waals surface area (Å²) in [4.78, 5) is 7.62. The summed E-state index contributed by atoms with van der Waals surface area (Å²) >= 11 is 0. The van der Waals surface area contributed by atoms with Crippen molar-refractivity contribution in [3.05, 3.63) is 0 Å². The second-order valence-electron chi connectivity index (χ2n) is 11.4. The first-order valence-corrected chi connectivity index (χ1v) is 11.6. The fourth-order valence-corrected chi connectivity index (χ4v) is 4.16. The highest BCUT2D eigenvalue weighted by molar-refractivity contribution is 5.02. The molecular weight excluding hydrogens is 364 g/mol. The molecule has 2 aliphatic heterocycles. The molecule has 0 aromatic carbocycles. The van der Waals surface area contributed by atoms with E-state index in [4.69, 9.17) is 9.47 Å². The minimum atomic E-state index is 0.240. The van der Waals surface area contributed by atoms with E-state index < -0.39 is 0 Å². The molecule has 6 heteroatoms. The number of nitrogens with one attached hydrogen (secondary N) is 1. The van der Waals surface area contributed by atoms with Gasteiger partial charge in [-0.2, -0.15) is 0 Å². The van der Waals surface area contributed by atoms with Gasteiger partial charge < -0.3 is 19.7 Å².